The van der Waals surface area contributed by atoms with Crippen molar-refractivity contribution in [2.75, 3.05) is 52.3 Å². The average molecular weight is 647 g/mol. The van der Waals surface area contributed by atoms with Gasteiger partial charge in [-0.25, -0.2) is 9.38 Å². The van der Waals surface area contributed by atoms with E-state index in [1.54, 1.807) is 28.2 Å². The number of likely N-dealkylation sites (tertiary alicyclic amines) is 1. The second-order valence-corrected chi connectivity index (χ2v) is 13.9. The SMILES string of the molecule is CCc1cc(OCCN(C)C)ccc1N=C1CC(c2cc(F)cc(N3CCc4c(sc5c4CCCC5)C3=O)c2CO)CN(C)C1=O. The van der Waals surface area contributed by atoms with Gasteiger partial charge in [-0.1, -0.05) is 6.92 Å². The van der Waals surface area contributed by atoms with Gasteiger partial charge in [-0.05, 0) is 105 Å². The van der Waals surface area contributed by atoms with Crippen LogP contribution in [0.2, 0.25) is 0 Å². The number of nitrogens with zero attached hydrogens (tertiary/aromatic N) is 4. The summed E-state index contributed by atoms with van der Waals surface area (Å²) in [6, 6.07) is 8.54. The van der Waals surface area contributed by atoms with Crippen LogP contribution in [0.1, 0.15) is 74.5 Å². The van der Waals surface area contributed by atoms with Gasteiger partial charge in [0.25, 0.3) is 11.8 Å². The highest BCUT2D eigenvalue weighted by atomic mass is 32.1. The van der Waals surface area contributed by atoms with E-state index < -0.39 is 5.82 Å². The van der Waals surface area contributed by atoms with Crippen LogP contribution in [-0.4, -0.2) is 79.8 Å². The molecular formula is C36H43FN4O4S. The number of halogens is 1. The van der Waals surface area contributed by atoms with Crippen molar-refractivity contribution in [3.05, 3.63) is 73.7 Å². The van der Waals surface area contributed by atoms with Gasteiger partial charge in [-0.15, -0.1) is 11.3 Å². The number of fused-ring (bicyclic) bond motifs is 3. The van der Waals surface area contributed by atoms with Gasteiger partial charge in [0.05, 0.1) is 22.9 Å². The Morgan fingerprint density at radius 1 is 1.09 bits per heavy atom. The number of carbonyl (C=O) groups excluding carboxylic acids is 2. The lowest BCUT2D eigenvalue weighted by Gasteiger charge is -2.34. The van der Waals surface area contributed by atoms with Gasteiger partial charge in [-0.2, -0.15) is 0 Å². The molecule has 46 heavy (non-hydrogen) atoms. The van der Waals surface area contributed by atoms with Crippen molar-refractivity contribution in [2.24, 2.45) is 4.99 Å². The predicted molar refractivity (Wildman–Crippen MR) is 181 cm³/mol. The van der Waals surface area contributed by atoms with Crippen LogP contribution in [0.15, 0.2) is 35.3 Å². The highest BCUT2D eigenvalue weighted by molar-refractivity contribution is 7.14. The molecule has 0 spiro atoms. The molecule has 1 atom stereocenters. The lowest BCUT2D eigenvalue weighted by molar-refractivity contribution is -0.124. The average Bonchev–Trinajstić information content (AvgIpc) is 3.43. The van der Waals surface area contributed by atoms with E-state index in [1.165, 1.54) is 22.6 Å². The van der Waals surface area contributed by atoms with Gasteiger partial charge in [0.15, 0.2) is 0 Å². The van der Waals surface area contributed by atoms with Crippen LogP contribution in [0.3, 0.4) is 0 Å². The van der Waals surface area contributed by atoms with E-state index >= 15 is 4.39 Å². The number of rotatable bonds is 9. The number of anilines is 1. The number of aryl methyl sites for hydroxylation is 2. The minimum atomic E-state index is -0.470. The molecule has 1 unspecified atom stereocenters. The fourth-order valence-electron chi connectivity index (χ4n) is 7.02. The molecule has 1 aromatic heterocycles. The molecule has 2 amide bonds. The third-order valence-corrected chi connectivity index (χ3v) is 10.8. The number of aliphatic hydroxyl groups excluding tert-OH is 1. The molecular weight excluding hydrogens is 603 g/mol. The maximum atomic E-state index is 15.4. The Labute approximate surface area is 274 Å². The van der Waals surface area contributed by atoms with E-state index in [-0.39, 0.29) is 24.3 Å². The minimum Gasteiger partial charge on any atom is -0.492 e. The number of ether oxygens (including phenoxy) is 1. The number of piperidine rings is 1. The second kappa shape index (κ2) is 13.6. The van der Waals surface area contributed by atoms with Gasteiger partial charge < -0.3 is 24.5 Å². The van der Waals surface area contributed by atoms with Gasteiger partial charge >= 0.3 is 0 Å². The standard InChI is InChI=1S/C36H43FN4O4S/c1-5-22-16-25(45-15-14-39(2)3)10-11-30(22)38-31-17-23(20-40(4)35(31)43)28-18-24(37)19-32(29(28)21-42)41-13-12-27-26-8-6-7-9-33(26)46-34(27)36(41)44/h10-11,16,18-19,23,42H,5-9,12-15,17,20-21H2,1-4H3. The lowest BCUT2D eigenvalue weighted by atomic mass is 9.85. The van der Waals surface area contributed by atoms with Crippen molar-refractivity contribution in [1.82, 2.24) is 9.80 Å². The Bertz CT molecular complexity index is 1680. The molecule has 1 N–H and O–H groups in total. The first kappa shape index (κ1) is 32.3. The van der Waals surface area contributed by atoms with Gasteiger partial charge in [-0.3, -0.25) is 9.59 Å². The zero-order chi connectivity index (χ0) is 32.5. The summed E-state index contributed by atoms with van der Waals surface area (Å²) in [4.78, 5) is 39.4. The number of aliphatic hydroxyl groups is 1. The number of likely N-dealkylation sites (N-methyl/N-ethyl adjacent to an activating group) is 2. The van der Waals surface area contributed by atoms with Crippen molar-refractivity contribution < 1.29 is 23.8 Å². The van der Waals surface area contributed by atoms with Crippen LogP contribution in [0.5, 0.6) is 5.75 Å². The fourth-order valence-corrected chi connectivity index (χ4v) is 8.41. The van der Waals surface area contributed by atoms with E-state index in [9.17, 15) is 14.7 Å². The first-order valence-corrected chi connectivity index (χ1v) is 17.1. The van der Waals surface area contributed by atoms with Crippen molar-refractivity contribution in [1.29, 1.82) is 0 Å². The molecule has 2 aromatic carbocycles. The van der Waals surface area contributed by atoms with Crippen molar-refractivity contribution in [3.63, 3.8) is 0 Å². The Morgan fingerprint density at radius 3 is 2.65 bits per heavy atom. The maximum absolute atomic E-state index is 15.4. The molecule has 1 fully saturated rings. The second-order valence-electron chi connectivity index (χ2n) is 12.8. The third-order valence-electron chi connectivity index (χ3n) is 9.44. The van der Waals surface area contributed by atoms with Crippen LogP contribution >= 0.6 is 11.3 Å². The van der Waals surface area contributed by atoms with Gasteiger partial charge in [0.2, 0.25) is 0 Å². The predicted octanol–water partition coefficient (Wildman–Crippen LogP) is 5.68. The molecule has 0 bridgehead atoms. The number of amides is 2. The van der Waals surface area contributed by atoms with Crippen LogP contribution in [-0.2, 0) is 37.1 Å². The van der Waals surface area contributed by atoms with E-state index in [0.29, 0.717) is 60.8 Å². The summed E-state index contributed by atoms with van der Waals surface area (Å²) in [7, 11) is 5.72. The monoisotopic (exact) mass is 646 g/mol. The number of thiophene rings is 1. The van der Waals surface area contributed by atoms with E-state index in [0.717, 1.165) is 60.4 Å². The topological polar surface area (TPSA) is 85.7 Å². The lowest BCUT2D eigenvalue weighted by Crippen LogP contribution is -2.43. The number of carbonyl (C=O) groups is 2. The largest absolute Gasteiger partial charge is 0.492 e. The minimum absolute atomic E-state index is 0.119. The number of benzene rings is 2. The van der Waals surface area contributed by atoms with Gasteiger partial charge in [0, 0.05) is 49.5 Å². The van der Waals surface area contributed by atoms with Crippen molar-refractivity contribution in [3.8, 4) is 5.75 Å². The molecule has 8 nitrogen and oxygen atoms in total. The van der Waals surface area contributed by atoms with E-state index in [2.05, 4.69) is 4.90 Å². The summed E-state index contributed by atoms with van der Waals surface area (Å²) < 4.78 is 21.3. The first-order valence-electron chi connectivity index (χ1n) is 16.3. The molecule has 0 radical (unpaired) electrons. The van der Waals surface area contributed by atoms with Crippen LogP contribution in [0.4, 0.5) is 15.8 Å². The summed E-state index contributed by atoms with van der Waals surface area (Å²) in [5, 5.41) is 10.7. The molecule has 3 heterocycles. The highest BCUT2D eigenvalue weighted by Crippen LogP contribution is 2.41. The van der Waals surface area contributed by atoms with Crippen molar-refractivity contribution >= 4 is 40.2 Å². The summed E-state index contributed by atoms with van der Waals surface area (Å²) in [5.74, 6) is -0.309. The smallest absolute Gasteiger partial charge is 0.268 e. The van der Waals surface area contributed by atoms with Crippen LogP contribution < -0.4 is 9.64 Å². The number of aliphatic imine (C=N–C) groups is 1. The van der Waals surface area contributed by atoms with E-state index in [1.807, 2.05) is 39.2 Å². The van der Waals surface area contributed by atoms with Crippen LogP contribution in [0, 0.1) is 5.82 Å². The highest BCUT2D eigenvalue weighted by Gasteiger charge is 2.36. The first-order chi connectivity index (χ1) is 22.2. The molecule has 3 aromatic rings. The Balaban J connectivity index is 1.30. The molecule has 3 aliphatic rings. The number of hydrogen-bond donors (Lipinski definition) is 1. The Morgan fingerprint density at radius 2 is 1.89 bits per heavy atom. The van der Waals surface area contributed by atoms with Crippen LogP contribution in [0.25, 0.3) is 0 Å². The normalized spacial score (nSPS) is 19.2. The maximum Gasteiger partial charge on any atom is 0.268 e. The quantitative estimate of drug-likeness (QED) is 0.323. The van der Waals surface area contributed by atoms with E-state index in [4.69, 9.17) is 9.73 Å². The summed E-state index contributed by atoms with van der Waals surface area (Å²) in [5.41, 5.74) is 6.11. The zero-order valence-electron chi connectivity index (χ0n) is 27.2. The molecule has 1 saturated heterocycles. The Kier molecular flexibility index (Phi) is 9.59. The Hall–Kier alpha value is -3.60. The summed E-state index contributed by atoms with van der Waals surface area (Å²) in [6.45, 7) is 3.85. The number of hydrogen-bond acceptors (Lipinski definition) is 7. The third kappa shape index (κ3) is 6.35. The molecule has 10 heteroatoms. The van der Waals surface area contributed by atoms with Gasteiger partial charge in [0.1, 0.15) is 23.9 Å². The molecule has 6 rings (SSSR count). The summed E-state index contributed by atoms with van der Waals surface area (Å²) in [6.07, 6.45) is 6.05. The summed E-state index contributed by atoms with van der Waals surface area (Å²) >= 11 is 1.59. The molecule has 1 aliphatic carbocycles. The molecule has 2 aliphatic heterocycles. The van der Waals surface area contributed by atoms with Crippen molar-refractivity contribution in [2.45, 2.75) is 64.4 Å². The zero-order valence-corrected chi connectivity index (χ0v) is 28.0. The fraction of sp³-hybridized carbons (Fsp3) is 0.472. The molecule has 244 valence electrons. The molecule has 0 saturated carbocycles.